The monoisotopic (exact) mass is 378 g/mol. The number of rotatable bonds is 7. The lowest BCUT2D eigenvalue weighted by atomic mass is 9.99. The molecule has 0 bridgehead atoms. The average molecular weight is 379 g/mol. The minimum Gasteiger partial charge on any atom is -0.387 e. The van der Waals surface area contributed by atoms with Gasteiger partial charge in [0.1, 0.15) is 17.5 Å². The van der Waals surface area contributed by atoms with Crippen LogP contribution < -0.4 is 17.2 Å². The molecule has 5 atom stereocenters. The second-order valence-corrected chi connectivity index (χ2v) is 6.83. The number of ether oxygens (including phenoxy) is 2. The van der Waals surface area contributed by atoms with Crippen molar-refractivity contribution in [1.82, 2.24) is 9.55 Å². The first-order valence-corrected chi connectivity index (χ1v) is 8.49. The third kappa shape index (κ3) is 4.12. The lowest BCUT2D eigenvalue weighted by Gasteiger charge is -2.30. The summed E-state index contributed by atoms with van der Waals surface area (Å²) in [6, 6.07) is 1.12. The third-order valence-corrected chi connectivity index (χ3v) is 4.79. The Labute approximate surface area is 149 Å². The fourth-order valence-electron chi connectivity index (χ4n) is 2.48. The van der Waals surface area contributed by atoms with Crippen LogP contribution in [-0.4, -0.2) is 57.7 Å². The fourth-order valence-corrected chi connectivity index (χ4v) is 2.78. The molecule has 8 nitrogen and oxygen atoms in total. The largest absolute Gasteiger partial charge is 0.387 e. The number of nitrogens with zero attached hydrogens (tertiary/aromatic N) is 2. The highest BCUT2D eigenvalue weighted by Crippen LogP contribution is 2.39. The molecule has 1 aromatic heterocycles. The third-order valence-electron chi connectivity index (χ3n) is 4.33. The fraction of sp³-hybridized carbons (Fsp3) is 0.733. The van der Waals surface area contributed by atoms with E-state index in [1.165, 1.54) is 12.3 Å². The van der Waals surface area contributed by atoms with Crippen molar-refractivity contribution in [2.75, 3.05) is 24.8 Å². The number of nitrogens with two attached hydrogens (primary N) is 2. The highest BCUT2D eigenvalue weighted by molar-refractivity contribution is 6.18. The van der Waals surface area contributed by atoms with Crippen LogP contribution in [0.5, 0.6) is 0 Å². The standard InChI is InChI=1S/C15H24ClFN4O4/c1-8(2)9(18)5-24-7-15(6-16)12(22)11(17)13(25-15)21-4-3-10(19)20-14(21)23/h3-4,8-9,11-13,22H,5-7,18H2,1-2H3,(H2,19,20,23)/t9?,11-,12+,13-,15-/m1/s1. The highest BCUT2D eigenvalue weighted by Gasteiger charge is 2.56. The number of aromatic nitrogens is 2. The van der Waals surface area contributed by atoms with Gasteiger partial charge in [-0.3, -0.25) is 4.57 Å². The zero-order valence-electron chi connectivity index (χ0n) is 14.1. The average Bonchev–Trinajstić information content (AvgIpc) is 2.80. The van der Waals surface area contributed by atoms with Crippen LogP contribution >= 0.6 is 11.6 Å². The molecule has 10 heteroatoms. The number of aliphatic hydroxyl groups excluding tert-OH is 1. The minimum atomic E-state index is -1.88. The highest BCUT2D eigenvalue weighted by atomic mass is 35.5. The summed E-state index contributed by atoms with van der Waals surface area (Å²) >= 11 is 5.93. The van der Waals surface area contributed by atoms with Crippen molar-refractivity contribution in [3.05, 3.63) is 22.7 Å². The molecule has 1 aliphatic heterocycles. The molecule has 1 unspecified atom stereocenters. The molecule has 2 heterocycles. The Bertz CT molecular complexity index is 646. The molecular formula is C15H24ClFN4O4. The van der Waals surface area contributed by atoms with Gasteiger partial charge in [-0.2, -0.15) is 4.98 Å². The van der Waals surface area contributed by atoms with Crippen LogP contribution in [0.1, 0.15) is 20.1 Å². The van der Waals surface area contributed by atoms with Gasteiger partial charge in [0, 0.05) is 12.2 Å². The van der Waals surface area contributed by atoms with E-state index in [9.17, 15) is 14.3 Å². The Morgan fingerprint density at radius 1 is 1.60 bits per heavy atom. The molecular weight excluding hydrogens is 355 g/mol. The lowest BCUT2D eigenvalue weighted by Crippen LogP contribution is -2.49. The van der Waals surface area contributed by atoms with E-state index in [4.69, 9.17) is 32.5 Å². The van der Waals surface area contributed by atoms with E-state index in [1.807, 2.05) is 13.8 Å². The molecule has 0 aliphatic carbocycles. The van der Waals surface area contributed by atoms with Crippen molar-refractivity contribution < 1.29 is 19.0 Å². The summed E-state index contributed by atoms with van der Waals surface area (Å²) < 4.78 is 26.7. The Morgan fingerprint density at radius 2 is 2.28 bits per heavy atom. The van der Waals surface area contributed by atoms with Crippen LogP contribution in [0.25, 0.3) is 0 Å². The van der Waals surface area contributed by atoms with Crippen LogP contribution in [0.4, 0.5) is 10.2 Å². The van der Waals surface area contributed by atoms with E-state index in [2.05, 4.69) is 4.98 Å². The first-order valence-electron chi connectivity index (χ1n) is 7.95. The van der Waals surface area contributed by atoms with Crippen LogP contribution in [0.15, 0.2) is 17.1 Å². The maximum Gasteiger partial charge on any atom is 0.351 e. The van der Waals surface area contributed by atoms with Crippen molar-refractivity contribution >= 4 is 17.4 Å². The van der Waals surface area contributed by atoms with E-state index in [0.717, 1.165) is 4.57 Å². The summed E-state index contributed by atoms with van der Waals surface area (Å²) in [7, 11) is 0. The zero-order chi connectivity index (χ0) is 18.8. The first kappa shape index (κ1) is 20.1. The normalized spacial score (nSPS) is 30.8. The van der Waals surface area contributed by atoms with Gasteiger partial charge in [0.15, 0.2) is 12.4 Å². The number of nitrogen functional groups attached to an aromatic ring is 1. The second kappa shape index (κ2) is 7.96. The van der Waals surface area contributed by atoms with Crippen LogP contribution in [0.3, 0.4) is 0 Å². The van der Waals surface area contributed by atoms with E-state index in [-0.39, 0.29) is 36.9 Å². The summed E-state index contributed by atoms with van der Waals surface area (Å²) in [5.74, 6) is -0.0219. The van der Waals surface area contributed by atoms with E-state index < -0.39 is 29.8 Å². The molecule has 25 heavy (non-hydrogen) atoms. The number of alkyl halides is 2. The van der Waals surface area contributed by atoms with Gasteiger partial charge in [0.05, 0.1) is 19.1 Å². The number of anilines is 1. The maximum absolute atomic E-state index is 14.6. The van der Waals surface area contributed by atoms with Crippen molar-refractivity contribution in [3.63, 3.8) is 0 Å². The first-order chi connectivity index (χ1) is 11.7. The van der Waals surface area contributed by atoms with Gasteiger partial charge in [-0.25, -0.2) is 9.18 Å². The molecule has 5 N–H and O–H groups in total. The smallest absolute Gasteiger partial charge is 0.351 e. The summed E-state index contributed by atoms with van der Waals surface area (Å²) in [5, 5.41) is 10.3. The molecule has 0 amide bonds. The summed E-state index contributed by atoms with van der Waals surface area (Å²) in [5.41, 5.74) is 9.04. The maximum atomic E-state index is 14.6. The Kier molecular flexibility index (Phi) is 6.39. The van der Waals surface area contributed by atoms with Crippen molar-refractivity contribution in [2.24, 2.45) is 11.7 Å². The SMILES string of the molecule is CC(C)C(N)COC[C@@]1(CCl)O[C@@H](n2ccc(N)nc2=O)[C@H](F)[C@@H]1O. The lowest BCUT2D eigenvalue weighted by molar-refractivity contribution is -0.129. The Hall–Kier alpha value is -1.26. The molecule has 0 spiro atoms. The minimum absolute atomic E-state index is 0.00446. The molecule has 1 saturated heterocycles. The number of hydrogen-bond donors (Lipinski definition) is 3. The van der Waals surface area contributed by atoms with Gasteiger partial charge in [0.25, 0.3) is 0 Å². The quantitative estimate of drug-likeness (QED) is 0.571. The van der Waals surface area contributed by atoms with Gasteiger partial charge >= 0.3 is 5.69 Å². The van der Waals surface area contributed by atoms with Gasteiger partial charge in [0.2, 0.25) is 0 Å². The van der Waals surface area contributed by atoms with Gasteiger partial charge < -0.3 is 26.0 Å². The van der Waals surface area contributed by atoms with Crippen molar-refractivity contribution in [1.29, 1.82) is 0 Å². The second-order valence-electron chi connectivity index (χ2n) is 6.56. The molecule has 0 radical (unpaired) electrons. The Balaban J connectivity index is 2.16. The number of hydrogen-bond acceptors (Lipinski definition) is 7. The van der Waals surface area contributed by atoms with E-state index >= 15 is 0 Å². The van der Waals surface area contributed by atoms with Crippen molar-refractivity contribution in [3.8, 4) is 0 Å². The number of aliphatic hydroxyl groups is 1. The van der Waals surface area contributed by atoms with E-state index in [1.54, 1.807) is 0 Å². The predicted octanol–water partition coefficient (Wildman–Crippen LogP) is 0.0308. The summed E-state index contributed by atoms with van der Waals surface area (Å²) in [6.07, 6.45) is -3.58. The summed E-state index contributed by atoms with van der Waals surface area (Å²) in [6.45, 7) is 3.93. The molecule has 1 aliphatic rings. The topological polar surface area (TPSA) is 126 Å². The zero-order valence-corrected chi connectivity index (χ0v) is 14.9. The predicted molar refractivity (Wildman–Crippen MR) is 91.0 cm³/mol. The summed E-state index contributed by atoms with van der Waals surface area (Å²) in [4.78, 5) is 15.5. The van der Waals surface area contributed by atoms with E-state index in [0.29, 0.717) is 0 Å². The van der Waals surface area contributed by atoms with Gasteiger partial charge in [-0.05, 0) is 12.0 Å². The van der Waals surface area contributed by atoms with Gasteiger partial charge in [-0.15, -0.1) is 11.6 Å². The van der Waals surface area contributed by atoms with Crippen LogP contribution in [0.2, 0.25) is 0 Å². The Morgan fingerprint density at radius 3 is 2.84 bits per heavy atom. The van der Waals surface area contributed by atoms with Crippen molar-refractivity contribution in [2.45, 2.75) is 44.0 Å². The van der Waals surface area contributed by atoms with Crippen LogP contribution in [-0.2, 0) is 9.47 Å². The van der Waals surface area contributed by atoms with Gasteiger partial charge in [-0.1, -0.05) is 13.8 Å². The molecule has 0 aromatic carbocycles. The molecule has 0 saturated carbocycles. The van der Waals surface area contributed by atoms with Crippen LogP contribution in [0, 0.1) is 5.92 Å². The molecule has 1 fully saturated rings. The number of halogens is 2. The molecule has 142 valence electrons. The molecule has 2 rings (SSSR count). The molecule has 1 aromatic rings.